The Labute approximate surface area is 253 Å². The normalized spacial score (nSPS) is 9.68. The van der Waals surface area contributed by atoms with Crippen LogP contribution in [0.5, 0.6) is 28.7 Å². The lowest BCUT2D eigenvalue weighted by Crippen LogP contribution is -1.87. The first-order chi connectivity index (χ1) is 19.1. The second-order valence-electron chi connectivity index (χ2n) is 7.98. The number of fused-ring (bicyclic) bond motifs is 1. The maximum absolute atomic E-state index is 9.37. The van der Waals surface area contributed by atoms with Crippen molar-refractivity contribution in [3.05, 3.63) is 123 Å². The van der Waals surface area contributed by atoms with E-state index >= 15 is 0 Å². The van der Waals surface area contributed by atoms with E-state index in [4.69, 9.17) is 61.0 Å². The Morgan fingerprint density at radius 1 is 0.575 bits per heavy atom. The van der Waals surface area contributed by atoms with Crippen molar-refractivity contribution < 1.29 is 24.8 Å². The number of halogens is 4. The lowest BCUT2D eigenvalue weighted by molar-refractivity contribution is 0.340. The van der Waals surface area contributed by atoms with Crippen molar-refractivity contribution >= 4 is 57.2 Å². The quantitative estimate of drug-likeness (QED) is 0.183. The van der Waals surface area contributed by atoms with Gasteiger partial charge in [-0.25, -0.2) is 0 Å². The van der Waals surface area contributed by atoms with Crippen LogP contribution >= 0.6 is 46.4 Å². The number of para-hydroxylation sites is 1. The molecule has 5 aromatic rings. The van der Waals surface area contributed by atoms with Gasteiger partial charge in [-0.15, -0.1) is 0 Å². The molecule has 0 aliphatic heterocycles. The van der Waals surface area contributed by atoms with E-state index in [-0.39, 0.29) is 11.5 Å². The standard InChI is InChI=1S/C10H8O.C8H10O3.C7H5Cl3.C6H5ClO/c11-10-7-3-5-8-4-1-2-6-9(8)10;1-10-6-4-3-5-7(11-2)8(6)9;1-4-6(9)2-5(8)3-7(4)10;7-5-1-3-6(8)4-2-5/h1-7,11H;3-5,9H,1-2H3;2-3H,1H3;1-4,8H. The van der Waals surface area contributed by atoms with Gasteiger partial charge in [-0.2, -0.15) is 0 Å². The number of hydrogen-bond donors (Lipinski definition) is 3. The molecule has 0 radical (unpaired) electrons. The van der Waals surface area contributed by atoms with Crippen LogP contribution in [-0.4, -0.2) is 29.5 Å². The molecule has 210 valence electrons. The first-order valence-electron chi connectivity index (χ1n) is 11.7. The molecule has 0 aliphatic carbocycles. The average Bonchev–Trinajstić information content (AvgIpc) is 2.95. The van der Waals surface area contributed by atoms with E-state index < -0.39 is 0 Å². The van der Waals surface area contributed by atoms with Crippen molar-refractivity contribution in [2.45, 2.75) is 6.92 Å². The van der Waals surface area contributed by atoms with Gasteiger partial charge < -0.3 is 24.8 Å². The predicted molar refractivity (Wildman–Crippen MR) is 166 cm³/mol. The molecule has 0 bridgehead atoms. The van der Waals surface area contributed by atoms with Gasteiger partial charge in [0.05, 0.1) is 14.2 Å². The van der Waals surface area contributed by atoms with Crippen LogP contribution < -0.4 is 9.47 Å². The summed E-state index contributed by atoms with van der Waals surface area (Å²) < 4.78 is 9.71. The van der Waals surface area contributed by atoms with E-state index in [1.54, 1.807) is 60.7 Å². The number of benzene rings is 5. The lowest BCUT2D eigenvalue weighted by Gasteiger charge is -2.06. The molecule has 5 aromatic carbocycles. The predicted octanol–water partition coefficient (Wildman–Crippen LogP) is 9.96. The lowest BCUT2D eigenvalue weighted by atomic mass is 10.1. The second kappa shape index (κ2) is 16.6. The first-order valence-corrected chi connectivity index (χ1v) is 13.2. The summed E-state index contributed by atoms with van der Waals surface area (Å²) in [6.07, 6.45) is 0. The Morgan fingerprint density at radius 3 is 1.57 bits per heavy atom. The van der Waals surface area contributed by atoms with Crippen LogP contribution in [0.2, 0.25) is 20.1 Å². The van der Waals surface area contributed by atoms with Crippen LogP contribution in [0.1, 0.15) is 5.56 Å². The van der Waals surface area contributed by atoms with Crippen LogP contribution in [0, 0.1) is 6.92 Å². The van der Waals surface area contributed by atoms with Crippen molar-refractivity contribution in [3.8, 4) is 28.7 Å². The third kappa shape index (κ3) is 10.2. The van der Waals surface area contributed by atoms with Crippen molar-refractivity contribution in [1.82, 2.24) is 0 Å². The van der Waals surface area contributed by atoms with Crippen LogP contribution in [0.25, 0.3) is 10.8 Å². The Balaban J connectivity index is 0.000000188. The average molecular weight is 622 g/mol. The van der Waals surface area contributed by atoms with E-state index in [9.17, 15) is 10.2 Å². The molecule has 0 aliphatic rings. The van der Waals surface area contributed by atoms with E-state index in [1.807, 2.05) is 43.3 Å². The molecule has 0 spiro atoms. The minimum absolute atomic E-state index is 0.0394. The summed E-state index contributed by atoms with van der Waals surface area (Å²) in [5.41, 5.74) is 0.868. The smallest absolute Gasteiger partial charge is 0.200 e. The number of phenols is 3. The number of methoxy groups -OCH3 is 2. The second-order valence-corrected chi connectivity index (χ2v) is 9.67. The molecular weight excluding hydrogens is 594 g/mol. The molecule has 0 saturated heterocycles. The summed E-state index contributed by atoms with van der Waals surface area (Å²) >= 11 is 22.7. The Hall–Kier alpha value is -3.48. The highest BCUT2D eigenvalue weighted by Gasteiger charge is 2.05. The zero-order valence-corrected chi connectivity index (χ0v) is 24.9. The molecule has 0 unspecified atom stereocenters. The van der Waals surface area contributed by atoms with Crippen molar-refractivity contribution in [1.29, 1.82) is 0 Å². The van der Waals surface area contributed by atoms with Crippen LogP contribution in [0.15, 0.2) is 97.1 Å². The van der Waals surface area contributed by atoms with Gasteiger partial charge in [-0.05, 0) is 72.5 Å². The van der Waals surface area contributed by atoms with Crippen molar-refractivity contribution in [2.75, 3.05) is 14.2 Å². The van der Waals surface area contributed by atoms with Crippen molar-refractivity contribution in [3.63, 3.8) is 0 Å². The molecule has 5 nitrogen and oxygen atoms in total. The molecule has 0 amide bonds. The van der Waals surface area contributed by atoms with Gasteiger partial charge in [-0.1, -0.05) is 88.9 Å². The Kier molecular flexibility index (Phi) is 13.6. The SMILES string of the molecule is COc1cccc(OC)c1O.Cc1c(Cl)cc(Cl)cc1Cl.Oc1ccc(Cl)cc1.Oc1cccc2ccccc12. The van der Waals surface area contributed by atoms with E-state index in [2.05, 4.69) is 0 Å². The van der Waals surface area contributed by atoms with Gasteiger partial charge in [0.25, 0.3) is 0 Å². The van der Waals surface area contributed by atoms with Crippen molar-refractivity contribution in [2.24, 2.45) is 0 Å². The monoisotopic (exact) mass is 620 g/mol. The summed E-state index contributed by atoms with van der Waals surface area (Å²) in [5, 5.41) is 31.8. The van der Waals surface area contributed by atoms with Gasteiger partial charge in [0.2, 0.25) is 5.75 Å². The molecule has 3 N–H and O–H groups in total. The molecule has 0 atom stereocenters. The molecule has 0 fully saturated rings. The Bertz CT molecular complexity index is 1440. The zero-order valence-electron chi connectivity index (χ0n) is 21.9. The molecule has 0 saturated carbocycles. The van der Waals surface area contributed by atoms with E-state index in [1.165, 1.54) is 14.2 Å². The number of hydrogen-bond acceptors (Lipinski definition) is 5. The highest BCUT2D eigenvalue weighted by molar-refractivity contribution is 6.39. The zero-order chi connectivity index (χ0) is 29.7. The van der Waals surface area contributed by atoms with Gasteiger partial charge in [-0.3, -0.25) is 0 Å². The minimum Gasteiger partial charge on any atom is -0.508 e. The summed E-state index contributed by atoms with van der Waals surface area (Å²) in [4.78, 5) is 0. The summed E-state index contributed by atoms with van der Waals surface area (Å²) in [6, 6.07) is 28.1. The number of aromatic hydroxyl groups is 3. The molecule has 0 heterocycles. The summed E-state index contributed by atoms with van der Waals surface area (Å²) in [6.45, 7) is 1.85. The fraction of sp³-hybridized carbons (Fsp3) is 0.0968. The molecule has 9 heteroatoms. The minimum atomic E-state index is 0.0394. The van der Waals surface area contributed by atoms with E-state index in [0.29, 0.717) is 37.3 Å². The molecule has 40 heavy (non-hydrogen) atoms. The number of phenolic OH excluding ortho intramolecular Hbond substituents is 3. The summed E-state index contributed by atoms with van der Waals surface area (Å²) in [7, 11) is 2.99. The third-order valence-corrected chi connectivity index (χ3v) is 6.50. The maximum atomic E-state index is 9.37. The molecule has 5 rings (SSSR count). The van der Waals surface area contributed by atoms with Crippen LogP contribution in [0.3, 0.4) is 0 Å². The fourth-order valence-electron chi connectivity index (χ4n) is 3.10. The molecule has 0 aromatic heterocycles. The van der Waals surface area contributed by atoms with Gasteiger partial charge in [0.1, 0.15) is 11.5 Å². The fourth-order valence-corrected chi connectivity index (χ4v) is 4.04. The molecular formula is C31H28Cl4O5. The van der Waals surface area contributed by atoms with E-state index in [0.717, 1.165) is 16.3 Å². The van der Waals surface area contributed by atoms with Gasteiger partial charge >= 0.3 is 0 Å². The highest BCUT2D eigenvalue weighted by atomic mass is 35.5. The maximum Gasteiger partial charge on any atom is 0.200 e. The third-order valence-electron chi connectivity index (χ3n) is 5.24. The van der Waals surface area contributed by atoms with Gasteiger partial charge in [0, 0.05) is 25.5 Å². The van der Waals surface area contributed by atoms with Crippen LogP contribution in [0.4, 0.5) is 0 Å². The highest BCUT2D eigenvalue weighted by Crippen LogP contribution is 2.34. The van der Waals surface area contributed by atoms with Crippen LogP contribution in [-0.2, 0) is 0 Å². The Morgan fingerprint density at radius 2 is 1.07 bits per heavy atom. The topological polar surface area (TPSA) is 79.2 Å². The first kappa shape index (κ1) is 32.7. The number of ether oxygens (including phenoxy) is 2. The summed E-state index contributed by atoms with van der Waals surface area (Å²) in [5.74, 6) is 1.48. The largest absolute Gasteiger partial charge is 0.508 e. The number of rotatable bonds is 2. The van der Waals surface area contributed by atoms with Gasteiger partial charge in [0.15, 0.2) is 11.5 Å².